The van der Waals surface area contributed by atoms with Crippen molar-refractivity contribution in [2.24, 2.45) is 0 Å². The van der Waals surface area contributed by atoms with E-state index < -0.39 is 5.97 Å². The fourth-order valence-corrected chi connectivity index (χ4v) is 2.62. The molecule has 0 spiro atoms. The van der Waals surface area contributed by atoms with E-state index in [1.165, 1.54) is 5.56 Å². The fourth-order valence-electron chi connectivity index (χ4n) is 2.62. The summed E-state index contributed by atoms with van der Waals surface area (Å²) in [6.07, 6.45) is 1.60. The SMILES string of the molecule is Nc1ncc(-c2ccc(CN3CCOCC3)cc2)cc1C(=O)O. The van der Waals surface area contributed by atoms with Gasteiger partial charge in [-0.05, 0) is 17.2 Å². The molecule has 1 aromatic heterocycles. The third-order valence-electron chi connectivity index (χ3n) is 3.95. The summed E-state index contributed by atoms with van der Waals surface area (Å²) in [7, 11) is 0. The number of pyridine rings is 1. The normalized spacial score (nSPS) is 15.5. The van der Waals surface area contributed by atoms with Crippen LogP contribution in [0.1, 0.15) is 15.9 Å². The zero-order chi connectivity index (χ0) is 16.2. The molecule has 0 radical (unpaired) electrons. The highest BCUT2D eigenvalue weighted by atomic mass is 16.5. The summed E-state index contributed by atoms with van der Waals surface area (Å²) in [6.45, 7) is 4.36. The lowest BCUT2D eigenvalue weighted by atomic mass is 10.0. The molecule has 1 fully saturated rings. The molecule has 3 rings (SSSR count). The van der Waals surface area contributed by atoms with Crippen molar-refractivity contribution in [2.45, 2.75) is 6.54 Å². The van der Waals surface area contributed by atoms with Gasteiger partial charge in [0.05, 0.1) is 13.2 Å². The van der Waals surface area contributed by atoms with Gasteiger partial charge in [0.25, 0.3) is 0 Å². The minimum absolute atomic E-state index is 0.0277. The molecule has 0 amide bonds. The van der Waals surface area contributed by atoms with E-state index in [1.807, 2.05) is 12.1 Å². The second kappa shape index (κ2) is 6.76. The number of aromatic carboxylic acids is 1. The average molecular weight is 313 g/mol. The molecule has 2 heterocycles. The number of benzene rings is 1. The van der Waals surface area contributed by atoms with Crippen molar-refractivity contribution in [1.82, 2.24) is 9.88 Å². The molecule has 23 heavy (non-hydrogen) atoms. The molecule has 1 aliphatic rings. The van der Waals surface area contributed by atoms with Crippen LogP contribution in [0, 0.1) is 0 Å². The second-order valence-corrected chi connectivity index (χ2v) is 5.55. The first-order chi connectivity index (χ1) is 11.1. The highest BCUT2D eigenvalue weighted by Gasteiger charge is 2.12. The van der Waals surface area contributed by atoms with Gasteiger partial charge in [-0.25, -0.2) is 9.78 Å². The lowest BCUT2D eigenvalue weighted by Crippen LogP contribution is -2.35. The minimum Gasteiger partial charge on any atom is -0.478 e. The maximum Gasteiger partial charge on any atom is 0.339 e. The van der Waals surface area contributed by atoms with Crippen LogP contribution in [0.15, 0.2) is 36.5 Å². The van der Waals surface area contributed by atoms with Gasteiger partial charge in [0, 0.05) is 31.4 Å². The van der Waals surface area contributed by atoms with E-state index in [2.05, 4.69) is 22.0 Å². The molecular formula is C17H19N3O3. The van der Waals surface area contributed by atoms with E-state index in [0.717, 1.165) is 44.0 Å². The summed E-state index contributed by atoms with van der Waals surface area (Å²) in [5, 5.41) is 9.13. The summed E-state index contributed by atoms with van der Waals surface area (Å²) in [4.78, 5) is 17.5. The molecule has 0 unspecified atom stereocenters. The molecule has 3 N–H and O–H groups in total. The van der Waals surface area contributed by atoms with E-state index in [4.69, 9.17) is 15.6 Å². The smallest absolute Gasteiger partial charge is 0.339 e. The van der Waals surface area contributed by atoms with Crippen LogP contribution in [-0.4, -0.2) is 47.3 Å². The Morgan fingerprint density at radius 1 is 1.22 bits per heavy atom. The maximum atomic E-state index is 11.1. The van der Waals surface area contributed by atoms with Gasteiger partial charge in [-0.2, -0.15) is 0 Å². The minimum atomic E-state index is -1.07. The molecule has 6 nitrogen and oxygen atoms in total. The van der Waals surface area contributed by atoms with E-state index >= 15 is 0 Å². The zero-order valence-corrected chi connectivity index (χ0v) is 12.7. The maximum absolute atomic E-state index is 11.1. The Balaban J connectivity index is 1.76. The van der Waals surface area contributed by atoms with Crippen molar-refractivity contribution in [3.63, 3.8) is 0 Å². The molecule has 0 atom stereocenters. The van der Waals surface area contributed by atoms with Gasteiger partial charge in [0.2, 0.25) is 0 Å². The van der Waals surface area contributed by atoms with E-state index in [0.29, 0.717) is 0 Å². The first-order valence-electron chi connectivity index (χ1n) is 7.52. The molecule has 0 bridgehead atoms. The molecule has 120 valence electrons. The highest BCUT2D eigenvalue weighted by Crippen LogP contribution is 2.23. The van der Waals surface area contributed by atoms with Gasteiger partial charge in [-0.1, -0.05) is 24.3 Å². The van der Waals surface area contributed by atoms with Crippen molar-refractivity contribution in [3.8, 4) is 11.1 Å². The van der Waals surface area contributed by atoms with E-state index in [1.54, 1.807) is 12.3 Å². The van der Waals surface area contributed by atoms with Crippen molar-refractivity contribution in [3.05, 3.63) is 47.7 Å². The average Bonchev–Trinajstić information content (AvgIpc) is 2.57. The van der Waals surface area contributed by atoms with Crippen molar-refractivity contribution < 1.29 is 14.6 Å². The number of morpholine rings is 1. The first-order valence-corrected chi connectivity index (χ1v) is 7.52. The van der Waals surface area contributed by atoms with Gasteiger partial charge in [-0.15, -0.1) is 0 Å². The van der Waals surface area contributed by atoms with Crippen LogP contribution in [0.3, 0.4) is 0 Å². The Kier molecular flexibility index (Phi) is 4.55. The number of hydrogen-bond acceptors (Lipinski definition) is 5. The summed E-state index contributed by atoms with van der Waals surface area (Å²) in [6, 6.07) is 9.63. The molecule has 1 aromatic carbocycles. The second-order valence-electron chi connectivity index (χ2n) is 5.55. The quantitative estimate of drug-likeness (QED) is 0.895. The van der Waals surface area contributed by atoms with Crippen molar-refractivity contribution in [2.75, 3.05) is 32.0 Å². The molecule has 6 heteroatoms. The Morgan fingerprint density at radius 2 is 1.91 bits per heavy atom. The van der Waals surface area contributed by atoms with E-state index in [9.17, 15) is 4.79 Å². The molecule has 1 saturated heterocycles. The third kappa shape index (κ3) is 3.67. The number of rotatable bonds is 4. The van der Waals surface area contributed by atoms with Crippen LogP contribution in [-0.2, 0) is 11.3 Å². The lowest BCUT2D eigenvalue weighted by molar-refractivity contribution is 0.0342. The standard InChI is InChI=1S/C17H19N3O3/c18-16-15(17(21)22)9-14(10-19-16)13-3-1-12(2-4-13)11-20-5-7-23-8-6-20/h1-4,9-10H,5-8,11H2,(H2,18,19)(H,21,22). The zero-order valence-electron chi connectivity index (χ0n) is 12.7. The number of ether oxygens (including phenoxy) is 1. The number of carboxylic acids is 1. The summed E-state index contributed by atoms with van der Waals surface area (Å²) in [5.41, 5.74) is 8.50. The number of nitrogens with two attached hydrogens (primary N) is 1. The van der Waals surface area contributed by atoms with Gasteiger partial charge in [0.15, 0.2) is 0 Å². The predicted octanol–water partition coefficient (Wildman–Crippen LogP) is 1.86. The summed E-state index contributed by atoms with van der Waals surface area (Å²) < 4.78 is 5.35. The van der Waals surface area contributed by atoms with Crippen molar-refractivity contribution in [1.29, 1.82) is 0 Å². The Labute approximate surface area is 134 Å². The van der Waals surface area contributed by atoms with Gasteiger partial charge < -0.3 is 15.6 Å². The topological polar surface area (TPSA) is 88.7 Å². The number of hydrogen-bond donors (Lipinski definition) is 2. The fraction of sp³-hybridized carbons (Fsp3) is 0.294. The predicted molar refractivity (Wildman–Crippen MR) is 87.1 cm³/mol. The van der Waals surface area contributed by atoms with Crippen LogP contribution >= 0.6 is 0 Å². The number of nitrogens with zero attached hydrogens (tertiary/aromatic N) is 2. The number of anilines is 1. The molecule has 0 saturated carbocycles. The molecular weight excluding hydrogens is 294 g/mol. The number of aromatic nitrogens is 1. The largest absolute Gasteiger partial charge is 0.478 e. The Bertz CT molecular complexity index is 695. The van der Waals surface area contributed by atoms with Crippen LogP contribution < -0.4 is 5.73 Å². The van der Waals surface area contributed by atoms with Gasteiger partial charge >= 0.3 is 5.97 Å². The van der Waals surface area contributed by atoms with Crippen LogP contribution in [0.25, 0.3) is 11.1 Å². The van der Waals surface area contributed by atoms with Gasteiger partial charge in [0.1, 0.15) is 11.4 Å². The van der Waals surface area contributed by atoms with Gasteiger partial charge in [-0.3, -0.25) is 4.90 Å². The first kappa shape index (κ1) is 15.5. The highest BCUT2D eigenvalue weighted by molar-refractivity contribution is 5.94. The number of carboxylic acid groups (broad SMARTS) is 1. The molecule has 2 aromatic rings. The van der Waals surface area contributed by atoms with E-state index in [-0.39, 0.29) is 11.4 Å². The van der Waals surface area contributed by atoms with Crippen LogP contribution in [0.2, 0.25) is 0 Å². The third-order valence-corrected chi connectivity index (χ3v) is 3.95. The monoisotopic (exact) mass is 313 g/mol. The van der Waals surface area contributed by atoms with Crippen LogP contribution in [0.4, 0.5) is 5.82 Å². The lowest BCUT2D eigenvalue weighted by Gasteiger charge is -2.26. The number of nitrogen functional groups attached to an aromatic ring is 1. The Morgan fingerprint density at radius 3 is 2.57 bits per heavy atom. The van der Waals surface area contributed by atoms with Crippen LogP contribution in [0.5, 0.6) is 0 Å². The summed E-state index contributed by atoms with van der Waals surface area (Å²) in [5.74, 6) is -1.04. The molecule has 0 aliphatic carbocycles. The van der Waals surface area contributed by atoms with Crippen molar-refractivity contribution >= 4 is 11.8 Å². The number of carbonyl (C=O) groups is 1. The summed E-state index contributed by atoms with van der Waals surface area (Å²) >= 11 is 0. The molecule has 1 aliphatic heterocycles. The Hall–Kier alpha value is -2.44.